The number of nitrogens with zero attached hydrogens (tertiary/aromatic N) is 1. The van der Waals surface area contributed by atoms with Crippen LogP contribution in [0.5, 0.6) is 0 Å². The SMILES string of the molecule is CC1CN(c2ccccc2I)S(=O)(=O)C1. The molecule has 1 atom stereocenters. The average molecular weight is 337 g/mol. The van der Waals surface area contributed by atoms with Gasteiger partial charge in [-0.15, -0.1) is 0 Å². The number of sulfonamides is 1. The van der Waals surface area contributed by atoms with Crippen molar-refractivity contribution in [2.75, 3.05) is 16.6 Å². The lowest BCUT2D eigenvalue weighted by atomic mass is 10.2. The molecule has 1 aliphatic rings. The Bertz CT molecular complexity index is 472. The molecule has 3 nitrogen and oxygen atoms in total. The number of hydrogen-bond acceptors (Lipinski definition) is 2. The highest BCUT2D eigenvalue weighted by molar-refractivity contribution is 14.1. The molecule has 0 spiro atoms. The van der Waals surface area contributed by atoms with Crippen molar-refractivity contribution in [3.63, 3.8) is 0 Å². The van der Waals surface area contributed by atoms with Gasteiger partial charge in [-0.1, -0.05) is 19.1 Å². The van der Waals surface area contributed by atoms with Crippen LogP contribution in [0.25, 0.3) is 0 Å². The monoisotopic (exact) mass is 337 g/mol. The maximum Gasteiger partial charge on any atom is 0.235 e. The van der Waals surface area contributed by atoms with Crippen LogP contribution >= 0.6 is 22.6 Å². The van der Waals surface area contributed by atoms with Crippen molar-refractivity contribution < 1.29 is 8.42 Å². The van der Waals surface area contributed by atoms with Gasteiger partial charge >= 0.3 is 0 Å². The van der Waals surface area contributed by atoms with Crippen molar-refractivity contribution >= 4 is 38.3 Å². The maximum atomic E-state index is 11.8. The number of benzene rings is 1. The van der Waals surface area contributed by atoms with Crippen LogP contribution in [0.1, 0.15) is 6.92 Å². The van der Waals surface area contributed by atoms with Crippen LogP contribution in [0.15, 0.2) is 24.3 Å². The molecule has 0 bridgehead atoms. The van der Waals surface area contributed by atoms with Crippen molar-refractivity contribution in [3.05, 3.63) is 27.8 Å². The summed E-state index contributed by atoms with van der Waals surface area (Å²) in [5, 5.41) is 0. The van der Waals surface area contributed by atoms with Gasteiger partial charge in [-0.25, -0.2) is 8.42 Å². The fraction of sp³-hybridized carbons (Fsp3) is 0.400. The molecule has 15 heavy (non-hydrogen) atoms. The minimum atomic E-state index is -3.08. The standard InChI is InChI=1S/C10H12INO2S/c1-8-6-12(15(13,14)7-8)10-5-3-2-4-9(10)11/h2-5,8H,6-7H2,1H3. The topological polar surface area (TPSA) is 37.4 Å². The molecule has 1 unspecified atom stereocenters. The number of rotatable bonds is 1. The normalized spacial score (nSPS) is 24.4. The Morgan fingerprint density at radius 1 is 1.40 bits per heavy atom. The molecule has 1 aromatic carbocycles. The molecule has 1 heterocycles. The minimum Gasteiger partial charge on any atom is -0.269 e. The Balaban J connectivity index is 2.45. The second-order valence-electron chi connectivity index (χ2n) is 3.87. The molecule has 2 rings (SSSR count). The first-order valence-electron chi connectivity index (χ1n) is 4.75. The van der Waals surface area contributed by atoms with E-state index in [1.54, 1.807) is 0 Å². The van der Waals surface area contributed by atoms with Gasteiger partial charge in [0.15, 0.2) is 0 Å². The van der Waals surface area contributed by atoms with Crippen LogP contribution in [-0.4, -0.2) is 20.7 Å². The lowest BCUT2D eigenvalue weighted by Crippen LogP contribution is -2.25. The molecule has 82 valence electrons. The first-order chi connectivity index (χ1) is 7.00. The van der Waals surface area contributed by atoms with E-state index in [9.17, 15) is 8.42 Å². The molecule has 1 aromatic rings. The number of hydrogen-bond donors (Lipinski definition) is 0. The van der Waals surface area contributed by atoms with Gasteiger partial charge in [0.25, 0.3) is 0 Å². The van der Waals surface area contributed by atoms with Crippen molar-refractivity contribution in [2.24, 2.45) is 5.92 Å². The summed E-state index contributed by atoms with van der Waals surface area (Å²) in [6.45, 7) is 2.57. The fourth-order valence-corrected chi connectivity index (χ4v) is 4.59. The van der Waals surface area contributed by atoms with E-state index in [1.165, 1.54) is 4.31 Å². The molecule has 1 aliphatic heterocycles. The summed E-state index contributed by atoms with van der Waals surface area (Å²) in [7, 11) is -3.08. The van der Waals surface area contributed by atoms with Gasteiger partial charge < -0.3 is 0 Å². The van der Waals surface area contributed by atoms with Gasteiger partial charge in [-0.05, 0) is 40.6 Å². The van der Waals surface area contributed by atoms with E-state index in [0.717, 1.165) is 9.26 Å². The fourth-order valence-electron chi connectivity index (χ4n) is 1.80. The van der Waals surface area contributed by atoms with Crippen LogP contribution in [0, 0.1) is 9.49 Å². The quantitative estimate of drug-likeness (QED) is 0.736. The first-order valence-corrected chi connectivity index (χ1v) is 7.44. The predicted molar refractivity (Wildman–Crippen MR) is 69.5 cm³/mol. The highest BCUT2D eigenvalue weighted by atomic mass is 127. The molecule has 0 saturated carbocycles. The Morgan fingerprint density at radius 2 is 2.07 bits per heavy atom. The second kappa shape index (κ2) is 3.93. The summed E-state index contributed by atoms with van der Waals surface area (Å²) in [6.07, 6.45) is 0. The largest absolute Gasteiger partial charge is 0.269 e. The van der Waals surface area contributed by atoms with Gasteiger partial charge in [0.05, 0.1) is 11.4 Å². The van der Waals surface area contributed by atoms with E-state index < -0.39 is 10.0 Å². The number of halogens is 1. The van der Waals surface area contributed by atoms with E-state index >= 15 is 0 Å². The van der Waals surface area contributed by atoms with Gasteiger partial charge in [0.2, 0.25) is 10.0 Å². The van der Waals surface area contributed by atoms with Crippen LogP contribution in [0.3, 0.4) is 0 Å². The highest BCUT2D eigenvalue weighted by Crippen LogP contribution is 2.30. The molecule has 1 saturated heterocycles. The van der Waals surface area contributed by atoms with Gasteiger partial charge in [-0.3, -0.25) is 4.31 Å². The van der Waals surface area contributed by atoms with Crippen LogP contribution < -0.4 is 4.31 Å². The number of para-hydroxylation sites is 1. The molecule has 5 heteroatoms. The van der Waals surface area contributed by atoms with Crippen LogP contribution in [0.4, 0.5) is 5.69 Å². The second-order valence-corrected chi connectivity index (χ2v) is 6.97. The zero-order valence-corrected chi connectivity index (χ0v) is 11.3. The van der Waals surface area contributed by atoms with E-state index in [4.69, 9.17) is 0 Å². The molecule has 0 aliphatic carbocycles. The van der Waals surface area contributed by atoms with E-state index in [2.05, 4.69) is 22.6 Å². The summed E-state index contributed by atoms with van der Waals surface area (Å²) >= 11 is 2.17. The summed E-state index contributed by atoms with van der Waals surface area (Å²) in [4.78, 5) is 0. The maximum absolute atomic E-state index is 11.8. The van der Waals surface area contributed by atoms with Gasteiger partial charge in [-0.2, -0.15) is 0 Å². The van der Waals surface area contributed by atoms with Crippen LogP contribution in [0.2, 0.25) is 0 Å². The van der Waals surface area contributed by atoms with Crippen molar-refractivity contribution in [1.29, 1.82) is 0 Å². The average Bonchev–Trinajstić information content (AvgIpc) is 2.40. The third-order valence-corrected chi connectivity index (χ3v) is 5.35. The van der Waals surface area contributed by atoms with E-state index in [0.29, 0.717) is 6.54 Å². The third kappa shape index (κ3) is 2.13. The molecule has 0 amide bonds. The Morgan fingerprint density at radius 3 is 2.60 bits per heavy atom. The van der Waals surface area contributed by atoms with Crippen molar-refractivity contribution in [1.82, 2.24) is 0 Å². The molecular weight excluding hydrogens is 325 g/mol. The zero-order chi connectivity index (χ0) is 11.1. The smallest absolute Gasteiger partial charge is 0.235 e. The lowest BCUT2D eigenvalue weighted by Gasteiger charge is -2.18. The van der Waals surface area contributed by atoms with Crippen molar-refractivity contribution in [3.8, 4) is 0 Å². The third-order valence-electron chi connectivity index (χ3n) is 2.43. The molecule has 0 radical (unpaired) electrons. The highest BCUT2D eigenvalue weighted by Gasteiger charge is 2.34. The molecule has 0 aromatic heterocycles. The molecule has 0 N–H and O–H groups in total. The first kappa shape index (κ1) is 11.2. The summed E-state index contributed by atoms with van der Waals surface area (Å²) in [5.41, 5.74) is 0.808. The minimum absolute atomic E-state index is 0.214. The lowest BCUT2D eigenvalue weighted by molar-refractivity contribution is 0.598. The Labute approximate surface area is 104 Å². The summed E-state index contributed by atoms with van der Waals surface area (Å²) < 4.78 is 26.2. The van der Waals surface area contributed by atoms with Gasteiger partial charge in [0, 0.05) is 10.1 Å². The zero-order valence-electron chi connectivity index (χ0n) is 8.35. The molecule has 1 fully saturated rings. The summed E-state index contributed by atoms with van der Waals surface area (Å²) in [5.74, 6) is 0.476. The van der Waals surface area contributed by atoms with Crippen molar-refractivity contribution in [2.45, 2.75) is 6.92 Å². The Hall–Kier alpha value is -0.300. The predicted octanol–water partition coefficient (Wildman–Crippen LogP) is 2.08. The van der Waals surface area contributed by atoms with E-state index in [-0.39, 0.29) is 11.7 Å². The molecular formula is C10H12INO2S. The van der Waals surface area contributed by atoms with Crippen LogP contribution in [-0.2, 0) is 10.0 Å². The van der Waals surface area contributed by atoms with E-state index in [1.807, 2.05) is 31.2 Å². The Kier molecular flexibility index (Phi) is 2.94. The number of anilines is 1. The summed E-state index contributed by atoms with van der Waals surface area (Å²) in [6, 6.07) is 7.57. The van der Waals surface area contributed by atoms with Gasteiger partial charge in [0.1, 0.15) is 0 Å².